The smallest absolute Gasteiger partial charge is 0.224 e. The molecule has 0 saturated carbocycles. The maximum absolute atomic E-state index is 12.3. The fourth-order valence-electron chi connectivity index (χ4n) is 2.98. The Balaban J connectivity index is 1.42. The van der Waals surface area contributed by atoms with E-state index in [1.54, 1.807) is 18.6 Å². The van der Waals surface area contributed by atoms with Crippen molar-refractivity contribution in [3.05, 3.63) is 84.4 Å². The molecule has 1 amide bonds. The van der Waals surface area contributed by atoms with E-state index in [0.717, 1.165) is 33.3 Å². The lowest BCUT2D eigenvalue weighted by Crippen LogP contribution is -2.24. The number of pyridine rings is 2. The normalized spacial score (nSPS) is 10.8. The monoisotopic (exact) mass is 342 g/mol. The van der Waals surface area contributed by atoms with Crippen molar-refractivity contribution in [2.75, 3.05) is 0 Å². The molecule has 1 aromatic carbocycles. The molecule has 5 heteroatoms. The summed E-state index contributed by atoms with van der Waals surface area (Å²) in [7, 11) is 0. The van der Waals surface area contributed by atoms with Crippen LogP contribution in [0.5, 0.6) is 0 Å². The molecule has 0 aliphatic rings. The Labute approximate surface area is 151 Å². The van der Waals surface area contributed by atoms with Gasteiger partial charge in [0, 0.05) is 47.8 Å². The number of rotatable bonds is 5. The third-order valence-electron chi connectivity index (χ3n) is 4.32. The highest BCUT2D eigenvalue weighted by atomic mass is 16.1. The van der Waals surface area contributed by atoms with Gasteiger partial charge in [0.2, 0.25) is 5.91 Å². The van der Waals surface area contributed by atoms with Gasteiger partial charge in [-0.3, -0.25) is 14.8 Å². The van der Waals surface area contributed by atoms with Crippen LogP contribution in [-0.2, 0) is 17.8 Å². The lowest BCUT2D eigenvalue weighted by molar-refractivity contribution is -0.120. The molecule has 0 unspecified atom stereocenters. The molecule has 4 rings (SSSR count). The summed E-state index contributed by atoms with van der Waals surface area (Å²) in [5, 5.41) is 4.08. The zero-order chi connectivity index (χ0) is 17.8. The van der Waals surface area contributed by atoms with Gasteiger partial charge in [0.15, 0.2) is 0 Å². The highest BCUT2D eigenvalue weighted by Crippen LogP contribution is 2.18. The first-order chi connectivity index (χ1) is 12.8. The average Bonchev–Trinajstić information content (AvgIpc) is 3.10. The zero-order valence-corrected chi connectivity index (χ0v) is 14.1. The molecule has 0 spiro atoms. The van der Waals surface area contributed by atoms with Crippen LogP contribution in [0, 0.1) is 0 Å². The van der Waals surface area contributed by atoms with E-state index in [0.29, 0.717) is 13.0 Å². The molecule has 0 saturated heterocycles. The minimum atomic E-state index is -0.00275. The molecule has 2 N–H and O–H groups in total. The molecule has 0 fully saturated rings. The fourth-order valence-corrected chi connectivity index (χ4v) is 2.98. The van der Waals surface area contributed by atoms with Crippen LogP contribution in [0.15, 0.2) is 73.3 Å². The zero-order valence-electron chi connectivity index (χ0n) is 14.1. The quantitative estimate of drug-likeness (QED) is 0.583. The van der Waals surface area contributed by atoms with Gasteiger partial charge in [0.05, 0.1) is 12.1 Å². The van der Waals surface area contributed by atoms with Gasteiger partial charge in [0.1, 0.15) is 0 Å². The number of H-pyrrole nitrogens is 1. The van der Waals surface area contributed by atoms with Crippen molar-refractivity contribution in [2.24, 2.45) is 0 Å². The number of nitrogens with one attached hydrogen (secondary N) is 2. The summed E-state index contributed by atoms with van der Waals surface area (Å²) in [6.07, 6.45) is 7.50. The largest absolute Gasteiger partial charge is 0.361 e. The van der Waals surface area contributed by atoms with Crippen LogP contribution < -0.4 is 5.32 Å². The Morgan fingerprint density at radius 2 is 1.88 bits per heavy atom. The van der Waals surface area contributed by atoms with Gasteiger partial charge >= 0.3 is 0 Å². The standard InChI is InChI=1S/C21H18N4O/c26-21(12-17-14-24-19-4-2-1-3-18(17)19)25-13-15-5-10-23-20(11-15)16-6-8-22-9-7-16/h1-11,14,24H,12-13H2,(H,25,26). The van der Waals surface area contributed by atoms with Crippen LogP contribution in [0.25, 0.3) is 22.2 Å². The van der Waals surface area contributed by atoms with Crippen molar-refractivity contribution >= 4 is 16.8 Å². The van der Waals surface area contributed by atoms with E-state index in [1.165, 1.54) is 0 Å². The topological polar surface area (TPSA) is 70.7 Å². The first-order valence-electron chi connectivity index (χ1n) is 8.46. The number of para-hydroxylation sites is 1. The van der Waals surface area contributed by atoms with Crippen molar-refractivity contribution < 1.29 is 4.79 Å². The van der Waals surface area contributed by atoms with Gasteiger partial charge in [-0.1, -0.05) is 18.2 Å². The van der Waals surface area contributed by atoms with E-state index < -0.39 is 0 Å². The summed E-state index contributed by atoms with van der Waals surface area (Å²) in [4.78, 5) is 23.9. The summed E-state index contributed by atoms with van der Waals surface area (Å²) < 4.78 is 0. The van der Waals surface area contributed by atoms with Crippen LogP contribution in [0.2, 0.25) is 0 Å². The second-order valence-corrected chi connectivity index (χ2v) is 6.10. The molecule has 0 aliphatic heterocycles. The Morgan fingerprint density at radius 3 is 2.77 bits per heavy atom. The van der Waals surface area contributed by atoms with Gasteiger partial charge in [-0.25, -0.2) is 0 Å². The molecule has 0 aliphatic carbocycles. The summed E-state index contributed by atoms with van der Waals surface area (Å²) in [5.74, 6) is -0.00275. The van der Waals surface area contributed by atoms with Crippen molar-refractivity contribution in [3.8, 4) is 11.3 Å². The van der Waals surface area contributed by atoms with Crippen LogP contribution in [0.4, 0.5) is 0 Å². The number of carbonyl (C=O) groups excluding carboxylic acids is 1. The highest BCUT2D eigenvalue weighted by molar-refractivity contribution is 5.88. The molecule has 3 aromatic heterocycles. The van der Waals surface area contributed by atoms with E-state index in [2.05, 4.69) is 20.3 Å². The molecule has 5 nitrogen and oxygen atoms in total. The number of nitrogens with zero attached hydrogens (tertiary/aromatic N) is 2. The number of aromatic amines is 1. The van der Waals surface area contributed by atoms with E-state index in [9.17, 15) is 4.79 Å². The Bertz CT molecular complexity index is 1040. The number of hydrogen-bond acceptors (Lipinski definition) is 3. The predicted octanol–water partition coefficient (Wildman–Crippen LogP) is 3.48. The lowest BCUT2D eigenvalue weighted by atomic mass is 10.1. The Hall–Kier alpha value is -3.47. The van der Waals surface area contributed by atoms with Crippen LogP contribution in [0.3, 0.4) is 0 Å². The number of aromatic nitrogens is 3. The number of benzene rings is 1. The van der Waals surface area contributed by atoms with Crippen molar-refractivity contribution in [1.29, 1.82) is 0 Å². The minimum Gasteiger partial charge on any atom is -0.361 e. The van der Waals surface area contributed by atoms with Gasteiger partial charge in [0.25, 0.3) is 0 Å². The lowest BCUT2D eigenvalue weighted by Gasteiger charge is -2.07. The Morgan fingerprint density at radius 1 is 1.04 bits per heavy atom. The van der Waals surface area contributed by atoms with Crippen LogP contribution in [0.1, 0.15) is 11.1 Å². The summed E-state index contributed by atoms with van der Waals surface area (Å²) in [6, 6.07) is 15.7. The van der Waals surface area contributed by atoms with E-state index in [1.807, 2.05) is 54.7 Å². The van der Waals surface area contributed by atoms with Crippen LogP contribution in [-0.4, -0.2) is 20.9 Å². The number of carbonyl (C=O) groups is 1. The van der Waals surface area contributed by atoms with E-state index >= 15 is 0 Å². The number of fused-ring (bicyclic) bond motifs is 1. The predicted molar refractivity (Wildman–Crippen MR) is 101 cm³/mol. The van der Waals surface area contributed by atoms with Gasteiger partial charge in [-0.15, -0.1) is 0 Å². The van der Waals surface area contributed by atoms with E-state index in [4.69, 9.17) is 0 Å². The minimum absolute atomic E-state index is 0.00275. The molecule has 0 bridgehead atoms. The maximum Gasteiger partial charge on any atom is 0.224 e. The molecule has 128 valence electrons. The SMILES string of the molecule is O=C(Cc1c[nH]c2ccccc12)NCc1ccnc(-c2ccncc2)c1. The molecule has 26 heavy (non-hydrogen) atoms. The molecule has 0 atom stereocenters. The third kappa shape index (κ3) is 3.47. The summed E-state index contributed by atoms with van der Waals surface area (Å²) >= 11 is 0. The highest BCUT2D eigenvalue weighted by Gasteiger charge is 2.09. The fraction of sp³-hybridized carbons (Fsp3) is 0.0952. The van der Waals surface area contributed by atoms with E-state index in [-0.39, 0.29) is 5.91 Å². The maximum atomic E-state index is 12.3. The van der Waals surface area contributed by atoms with Gasteiger partial charge in [-0.2, -0.15) is 0 Å². The van der Waals surface area contributed by atoms with Crippen molar-refractivity contribution in [1.82, 2.24) is 20.3 Å². The Kier molecular flexibility index (Phi) is 4.43. The summed E-state index contributed by atoms with van der Waals surface area (Å²) in [5.41, 5.74) is 4.94. The first kappa shape index (κ1) is 16.0. The summed E-state index contributed by atoms with van der Waals surface area (Å²) in [6.45, 7) is 0.474. The molecule has 3 heterocycles. The van der Waals surface area contributed by atoms with Crippen LogP contribution >= 0.6 is 0 Å². The van der Waals surface area contributed by atoms with Gasteiger partial charge in [-0.05, 0) is 41.5 Å². The second-order valence-electron chi connectivity index (χ2n) is 6.10. The first-order valence-corrected chi connectivity index (χ1v) is 8.46. The number of hydrogen-bond donors (Lipinski definition) is 2. The van der Waals surface area contributed by atoms with Crippen molar-refractivity contribution in [2.45, 2.75) is 13.0 Å². The van der Waals surface area contributed by atoms with Crippen molar-refractivity contribution in [3.63, 3.8) is 0 Å². The third-order valence-corrected chi connectivity index (χ3v) is 4.32. The molecular weight excluding hydrogens is 324 g/mol. The molecule has 4 aromatic rings. The molecule has 0 radical (unpaired) electrons. The van der Waals surface area contributed by atoms with Gasteiger partial charge < -0.3 is 10.3 Å². The number of amides is 1. The second kappa shape index (κ2) is 7.19. The molecular formula is C21H18N4O. The average molecular weight is 342 g/mol.